The molecule has 1 amide bonds. The predicted molar refractivity (Wildman–Crippen MR) is 60.6 cm³/mol. The number of alkyl halides is 1. The van der Waals surface area contributed by atoms with Crippen LogP contribution in [-0.4, -0.2) is 30.4 Å². The van der Waals surface area contributed by atoms with E-state index in [0.29, 0.717) is 12.4 Å². The Bertz CT molecular complexity index is 193. The van der Waals surface area contributed by atoms with Gasteiger partial charge in [0.15, 0.2) is 0 Å². The van der Waals surface area contributed by atoms with Crippen molar-refractivity contribution in [2.24, 2.45) is 0 Å². The number of hydrogen-bond donors (Lipinski definition) is 2. The highest BCUT2D eigenvalue weighted by molar-refractivity contribution is 6.18. The van der Waals surface area contributed by atoms with Crippen LogP contribution in [0.4, 0.5) is 0 Å². The van der Waals surface area contributed by atoms with Gasteiger partial charge in [0.2, 0.25) is 5.91 Å². The maximum absolute atomic E-state index is 11.4. The van der Waals surface area contributed by atoms with E-state index in [2.05, 4.69) is 10.6 Å². The maximum Gasteiger partial charge on any atom is 0.237 e. The van der Waals surface area contributed by atoms with Crippen LogP contribution in [0.5, 0.6) is 0 Å². The van der Waals surface area contributed by atoms with E-state index < -0.39 is 0 Å². The number of rotatable bonds is 6. The highest BCUT2D eigenvalue weighted by atomic mass is 35.5. The highest BCUT2D eigenvalue weighted by Crippen LogP contribution is 1.85. The summed E-state index contributed by atoms with van der Waals surface area (Å²) >= 11 is 5.45. The maximum atomic E-state index is 11.4. The largest absolute Gasteiger partial charge is 0.353 e. The molecular formula is C10H19ClN2O. The van der Waals surface area contributed by atoms with E-state index >= 15 is 0 Å². The number of halogens is 1. The molecule has 0 bridgehead atoms. The van der Waals surface area contributed by atoms with Gasteiger partial charge in [0.05, 0.1) is 6.04 Å². The molecule has 0 aliphatic carbocycles. The molecule has 14 heavy (non-hydrogen) atoms. The average molecular weight is 219 g/mol. The Morgan fingerprint density at radius 1 is 1.36 bits per heavy atom. The summed E-state index contributed by atoms with van der Waals surface area (Å²) < 4.78 is 0. The van der Waals surface area contributed by atoms with Crippen LogP contribution in [0.1, 0.15) is 20.8 Å². The van der Waals surface area contributed by atoms with Crippen LogP contribution in [0.2, 0.25) is 0 Å². The van der Waals surface area contributed by atoms with Crippen LogP contribution in [0.3, 0.4) is 0 Å². The van der Waals surface area contributed by atoms with Crippen LogP contribution in [0.25, 0.3) is 0 Å². The third-order valence-electron chi connectivity index (χ3n) is 1.62. The second-order valence-corrected chi connectivity index (χ2v) is 3.73. The summed E-state index contributed by atoms with van der Waals surface area (Å²) in [4.78, 5) is 11.4. The number of allylic oxidation sites excluding steroid dienone is 1. The molecule has 82 valence electrons. The van der Waals surface area contributed by atoms with Crippen LogP contribution < -0.4 is 10.6 Å². The standard InChI is InChI=1S/C10H19ClN2O/c1-8(2)13-10(14)9(3)12-7-5-4-6-11/h4-5,8-9,12H,6-7H2,1-3H3,(H,13,14)/b5-4+. The summed E-state index contributed by atoms with van der Waals surface area (Å²) in [5.74, 6) is 0.535. The van der Waals surface area contributed by atoms with E-state index in [1.165, 1.54) is 0 Å². The first-order valence-corrected chi connectivity index (χ1v) is 5.36. The van der Waals surface area contributed by atoms with Gasteiger partial charge < -0.3 is 10.6 Å². The van der Waals surface area contributed by atoms with E-state index in [-0.39, 0.29) is 18.0 Å². The zero-order chi connectivity index (χ0) is 11.0. The Hall–Kier alpha value is -0.540. The lowest BCUT2D eigenvalue weighted by atomic mass is 10.3. The molecule has 0 rings (SSSR count). The number of carbonyl (C=O) groups is 1. The fourth-order valence-electron chi connectivity index (χ4n) is 0.893. The summed E-state index contributed by atoms with van der Waals surface area (Å²) in [6.07, 6.45) is 3.76. The fourth-order valence-corrected chi connectivity index (χ4v) is 1.02. The molecule has 2 N–H and O–H groups in total. The summed E-state index contributed by atoms with van der Waals surface area (Å²) in [6.45, 7) is 6.39. The number of carbonyl (C=O) groups excluding carboxylic acids is 1. The molecule has 1 unspecified atom stereocenters. The van der Waals surface area contributed by atoms with Gasteiger partial charge in [-0.2, -0.15) is 0 Å². The molecule has 0 spiro atoms. The lowest BCUT2D eigenvalue weighted by Crippen LogP contribution is -2.44. The Labute approximate surface area is 90.9 Å². The first kappa shape index (κ1) is 13.5. The molecular weight excluding hydrogens is 200 g/mol. The highest BCUT2D eigenvalue weighted by Gasteiger charge is 2.11. The van der Waals surface area contributed by atoms with Gasteiger partial charge in [0.1, 0.15) is 0 Å². The minimum atomic E-state index is -0.169. The van der Waals surface area contributed by atoms with Crippen molar-refractivity contribution >= 4 is 17.5 Å². The molecule has 0 saturated heterocycles. The minimum absolute atomic E-state index is 0.0271. The Balaban J connectivity index is 3.67. The monoisotopic (exact) mass is 218 g/mol. The van der Waals surface area contributed by atoms with Crippen molar-refractivity contribution in [2.75, 3.05) is 12.4 Å². The van der Waals surface area contributed by atoms with Crippen molar-refractivity contribution < 1.29 is 4.79 Å². The van der Waals surface area contributed by atoms with E-state index in [9.17, 15) is 4.79 Å². The van der Waals surface area contributed by atoms with Crippen molar-refractivity contribution in [2.45, 2.75) is 32.9 Å². The predicted octanol–water partition coefficient (Wildman–Crippen LogP) is 1.28. The van der Waals surface area contributed by atoms with Gasteiger partial charge in [-0.25, -0.2) is 0 Å². The fraction of sp³-hybridized carbons (Fsp3) is 0.700. The molecule has 0 fully saturated rings. The average Bonchev–Trinajstić information content (AvgIpc) is 2.11. The molecule has 0 aliphatic rings. The molecule has 4 heteroatoms. The second-order valence-electron chi connectivity index (χ2n) is 3.42. The molecule has 0 aromatic heterocycles. The van der Waals surface area contributed by atoms with Crippen molar-refractivity contribution in [1.29, 1.82) is 0 Å². The smallest absolute Gasteiger partial charge is 0.237 e. The topological polar surface area (TPSA) is 41.1 Å². The number of amides is 1. The van der Waals surface area contributed by atoms with Crippen molar-refractivity contribution in [3.63, 3.8) is 0 Å². The van der Waals surface area contributed by atoms with Crippen LogP contribution in [0, 0.1) is 0 Å². The van der Waals surface area contributed by atoms with E-state index in [1.807, 2.05) is 32.9 Å². The number of hydrogen-bond acceptors (Lipinski definition) is 2. The van der Waals surface area contributed by atoms with Crippen LogP contribution in [0.15, 0.2) is 12.2 Å². The van der Waals surface area contributed by atoms with Crippen molar-refractivity contribution in [3.05, 3.63) is 12.2 Å². The molecule has 1 atom stereocenters. The quantitative estimate of drug-likeness (QED) is 0.521. The summed E-state index contributed by atoms with van der Waals surface area (Å²) in [6, 6.07) is 0.0162. The van der Waals surface area contributed by atoms with Gasteiger partial charge in [-0.1, -0.05) is 12.2 Å². The van der Waals surface area contributed by atoms with E-state index in [4.69, 9.17) is 11.6 Å². The summed E-state index contributed by atoms with van der Waals surface area (Å²) in [5, 5.41) is 5.90. The van der Waals surface area contributed by atoms with E-state index in [1.54, 1.807) is 0 Å². The Morgan fingerprint density at radius 3 is 2.50 bits per heavy atom. The second kappa shape index (κ2) is 7.83. The van der Waals surface area contributed by atoms with Gasteiger partial charge in [-0.05, 0) is 20.8 Å². The Morgan fingerprint density at radius 2 is 2.00 bits per heavy atom. The zero-order valence-electron chi connectivity index (χ0n) is 9.01. The lowest BCUT2D eigenvalue weighted by Gasteiger charge is -2.14. The van der Waals surface area contributed by atoms with Crippen molar-refractivity contribution in [1.82, 2.24) is 10.6 Å². The van der Waals surface area contributed by atoms with Crippen molar-refractivity contribution in [3.8, 4) is 0 Å². The third-order valence-corrected chi connectivity index (χ3v) is 1.80. The summed E-state index contributed by atoms with van der Waals surface area (Å²) in [5.41, 5.74) is 0. The molecule has 0 radical (unpaired) electrons. The van der Waals surface area contributed by atoms with Gasteiger partial charge in [0.25, 0.3) is 0 Å². The van der Waals surface area contributed by atoms with Gasteiger partial charge >= 0.3 is 0 Å². The molecule has 0 heterocycles. The van der Waals surface area contributed by atoms with Crippen LogP contribution >= 0.6 is 11.6 Å². The number of nitrogens with one attached hydrogen (secondary N) is 2. The Kier molecular flexibility index (Phi) is 7.52. The van der Waals surface area contributed by atoms with E-state index in [0.717, 1.165) is 0 Å². The third kappa shape index (κ3) is 6.92. The minimum Gasteiger partial charge on any atom is -0.353 e. The normalized spacial score (nSPS) is 13.5. The zero-order valence-corrected chi connectivity index (χ0v) is 9.77. The van der Waals surface area contributed by atoms with Gasteiger partial charge in [-0.15, -0.1) is 11.6 Å². The SMILES string of the molecule is CC(C)NC(=O)C(C)NC/C=C/CCl. The first-order chi connectivity index (χ1) is 6.57. The molecule has 0 aromatic rings. The van der Waals surface area contributed by atoms with Gasteiger partial charge in [-0.3, -0.25) is 4.79 Å². The van der Waals surface area contributed by atoms with Crippen LogP contribution in [-0.2, 0) is 4.79 Å². The first-order valence-electron chi connectivity index (χ1n) is 4.82. The summed E-state index contributed by atoms with van der Waals surface area (Å²) in [7, 11) is 0. The molecule has 0 saturated carbocycles. The molecule has 3 nitrogen and oxygen atoms in total. The molecule has 0 aliphatic heterocycles. The lowest BCUT2D eigenvalue weighted by molar-refractivity contribution is -0.123. The molecule has 0 aromatic carbocycles. The van der Waals surface area contributed by atoms with Gasteiger partial charge in [0, 0.05) is 18.5 Å².